The molecule has 134 valence electrons. The molecule has 1 unspecified atom stereocenters. The van der Waals surface area contributed by atoms with E-state index in [0.29, 0.717) is 12.0 Å². The van der Waals surface area contributed by atoms with Crippen molar-refractivity contribution in [2.24, 2.45) is 0 Å². The van der Waals surface area contributed by atoms with Gasteiger partial charge in [-0.15, -0.1) is 0 Å². The largest absolute Gasteiger partial charge is 0.444 e. The molecule has 1 amide bonds. The van der Waals surface area contributed by atoms with E-state index in [1.165, 1.54) is 6.20 Å². The molecule has 0 aromatic carbocycles. The molecule has 0 bridgehead atoms. The van der Waals surface area contributed by atoms with Crippen LogP contribution < -0.4 is 5.32 Å². The summed E-state index contributed by atoms with van der Waals surface area (Å²) in [4.78, 5) is 34.7. The predicted molar refractivity (Wildman–Crippen MR) is 86.8 cm³/mol. The fourth-order valence-corrected chi connectivity index (χ4v) is 1.70. The van der Waals surface area contributed by atoms with E-state index >= 15 is 0 Å². The van der Waals surface area contributed by atoms with Crippen molar-refractivity contribution in [2.75, 3.05) is 0 Å². The summed E-state index contributed by atoms with van der Waals surface area (Å²) in [5.41, 5.74) is -0.822. The number of nitrogens with zero attached hydrogens (tertiary/aromatic N) is 2. The van der Waals surface area contributed by atoms with Crippen molar-refractivity contribution in [3.05, 3.63) is 18.0 Å². The average Bonchev–Trinajstić information content (AvgIpc) is 2.82. The highest BCUT2D eigenvalue weighted by molar-refractivity contribution is 5.73. The monoisotopic (exact) mass is 339 g/mol. The lowest BCUT2D eigenvalue weighted by molar-refractivity contribution is -0.109. The number of amides is 1. The summed E-state index contributed by atoms with van der Waals surface area (Å²) < 4.78 is 11.3. The van der Waals surface area contributed by atoms with Gasteiger partial charge in [0.2, 0.25) is 0 Å². The van der Waals surface area contributed by atoms with Crippen molar-refractivity contribution in [2.45, 2.75) is 65.2 Å². The molecule has 0 aliphatic rings. The van der Waals surface area contributed by atoms with Crippen molar-refractivity contribution < 1.29 is 23.9 Å². The number of carbonyl (C=O) groups is 3. The van der Waals surface area contributed by atoms with Crippen molar-refractivity contribution in [3.63, 3.8) is 0 Å². The van der Waals surface area contributed by atoms with Crippen LogP contribution in [0.25, 0.3) is 0 Å². The zero-order valence-electron chi connectivity index (χ0n) is 15.0. The van der Waals surface area contributed by atoms with E-state index in [1.54, 1.807) is 47.6 Å². The first-order chi connectivity index (χ1) is 10.9. The van der Waals surface area contributed by atoms with Crippen LogP contribution in [0.5, 0.6) is 0 Å². The van der Waals surface area contributed by atoms with Gasteiger partial charge in [-0.25, -0.2) is 9.59 Å². The van der Waals surface area contributed by atoms with E-state index in [2.05, 4.69) is 10.4 Å². The third-order valence-corrected chi connectivity index (χ3v) is 2.52. The van der Waals surface area contributed by atoms with Crippen LogP contribution in [0, 0.1) is 0 Å². The molecule has 1 atom stereocenters. The standard InChI is InChI=1S/C16H25N3O5/c1-15(2,3)23-13(21)17-12(10-20)9-11-7-8-19(18-11)14(22)24-16(4,5)6/h7-8,10,12H,9H2,1-6H3,(H,17,21). The first-order valence-electron chi connectivity index (χ1n) is 7.62. The summed E-state index contributed by atoms with van der Waals surface area (Å²) >= 11 is 0. The Morgan fingerprint density at radius 3 is 2.29 bits per heavy atom. The van der Waals surface area contributed by atoms with Gasteiger partial charge in [0.25, 0.3) is 0 Å². The van der Waals surface area contributed by atoms with Gasteiger partial charge in [-0.05, 0) is 47.6 Å². The number of carbonyl (C=O) groups excluding carboxylic acids is 3. The molecule has 0 aliphatic heterocycles. The van der Waals surface area contributed by atoms with Gasteiger partial charge in [0, 0.05) is 12.6 Å². The number of hydrogen-bond acceptors (Lipinski definition) is 6. The zero-order chi connectivity index (χ0) is 18.5. The van der Waals surface area contributed by atoms with Gasteiger partial charge in [0.1, 0.15) is 17.5 Å². The Hall–Kier alpha value is -2.38. The number of hydrogen-bond donors (Lipinski definition) is 1. The molecular weight excluding hydrogens is 314 g/mol. The van der Waals surface area contributed by atoms with Gasteiger partial charge in [-0.2, -0.15) is 9.78 Å². The molecule has 0 fully saturated rings. The summed E-state index contributed by atoms with van der Waals surface area (Å²) in [5, 5.41) is 6.51. The van der Waals surface area contributed by atoms with Crippen LogP contribution >= 0.6 is 0 Å². The Kier molecular flexibility index (Phi) is 6.11. The van der Waals surface area contributed by atoms with Gasteiger partial charge >= 0.3 is 12.2 Å². The summed E-state index contributed by atoms with van der Waals surface area (Å²) in [5.74, 6) is 0. The molecule has 1 aromatic rings. The third-order valence-electron chi connectivity index (χ3n) is 2.52. The Morgan fingerprint density at radius 2 is 1.79 bits per heavy atom. The molecule has 0 saturated heterocycles. The fraction of sp³-hybridized carbons (Fsp3) is 0.625. The van der Waals surface area contributed by atoms with Gasteiger partial charge < -0.3 is 19.6 Å². The summed E-state index contributed by atoms with van der Waals surface area (Å²) in [6, 6.07) is 0.777. The molecule has 8 nitrogen and oxygen atoms in total. The van der Waals surface area contributed by atoms with Gasteiger partial charge in [0.05, 0.1) is 11.7 Å². The maximum Gasteiger partial charge on any atom is 0.435 e. The van der Waals surface area contributed by atoms with Crippen LogP contribution in [0.2, 0.25) is 0 Å². The van der Waals surface area contributed by atoms with E-state index in [0.717, 1.165) is 4.68 Å². The maximum atomic E-state index is 11.9. The minimum absolute atomic E-state index is 0.137. The highest BCUT2D eigenvalue weighted by atomic mass is 16.6. The third kappa shape index (κ3) is 7.26. The van der Waals surface area contributed by atoms with Gasteiger partial charge in [-0.3, -0.25) is 0 Å². The van der Waals surface area contributed by atoms with Crippen LogP contribution in [0.4, 0.5) is 9.59 Å². The molecular formula is C16H25N3O5. The Morgan fingerprint density at radius 1 is 1.21 bits per heavy atom. The minimum atomic E-state index is -0.804. The molecule has 1 heterocycles. The van der Waals surface area contributed by atoms with Crippen LogP contribution in [0.15, 0.2) is 12.3 Å². The lowest BCUT2D eigenvalue weighted by Gasteiger charge is -2.21. The van der Waals surface area contributed by atoms with Crippen molar-refractivity contribution in [1.82, 2.24) is 15.1 Å². The maximum absolute atomic E-state index is 11.9. The average molecular weight is 339 g/mol. The molecule has 1 aromatic heterocycles. The minimum Gasteiger partial charge on any atom is -0.444 e. The van der Waals surface area contributed by atoms with E-state index in [9.17, 15) is 14.4 Å². The molecule has 0 aliphatic carbocycles. The lowest BCUT2D eigenvalue weighted by Crippen LogP contribution is -2.41. The second-order valence-electron chi connectivity index (χ2n) is 7.32. The zero-order valence-corrected chi connectivity index (χ0v) is 15.0. The van der Waals surface area contributed by atoms with E-state index in [4.69, 9.17) is 9.47 Å². The number of ether oxygens (including phenoxy) is 2. The SMILES string of the molecule is CC(C)(C)OC(=O)NC(C=O)Cc1ccn(C(=O)OC(C)(C)C)n1. The number of aromatic nitrogens is 2. The summed E-state index contributed by atoms with van der Waals surface area (Å²) in [6.07, 6.45) is 0.871. The van der Waals surface area contributed by atoms with Crippen LogP contribution in [0.3, 0.4) is 0 Å². The van der Waals surface area contributed by atoms with E-state index in [-0.39, 0.29) is 6.42 Å². The van der Waals surface area contributed by atoms with Crippen molar-refractivity contribution >= 4 is 18.5 Å². The lowest BCUT2D eigenvalue weighted by atomic mass is 10.2. The molecule has 8 heteroatoms. The first-order valence-corrected chi connectivity index (χ1v) is 7.62. The summed E-state index contributed by atoms with van der Waals surface area (Å²) in [6.45, 7) is 10.4. The Bertz CT molecular complexity index is 596. The highest BCUT2D eigenvalue weighted by Gasteiger charge is 2.21. The van der Waals surface area contributed by atoms with Crippen molar-refractivity contribution in [3.8, 4) is 0 Å². The molecule has 1 rings (SSSR count). The van der Waals surface area contributed by atoms with Crippen LogP contribution in [-0.2, 0) is 20.7 Å². The smallest absolute Gasteiger partial charge is 0.435 e. The highest BCUT2D eigenvalue weighted by Crippen LogP contribution is 2.10. The Labute approximate surface area is 141 Å². The van der Waals surface area contributed by atoms with Crippen molar-refractivity contribution in [1.29, 1.82) is 0 Å². The fourth-order valence-electron chi connectivity index (χ4n) is 1.70. The molecule has 0 spiro atoms. The van der Waals surface area contributed by atoms with Crippen LogP contribution in [0.1, 0.15) is 47.2 Å². The van der Waals surface area contributed by atoms with Crippen LogP contribution in [-0.4, -0.2) is 45.5 Å². The Balaban J connectivity index is 2.66. The molecule has 0 saturated carbocycles. The predicted octanol–water partition coefficient (Wildman–Crippen LogP) is 2.30. The second kappa shape index (κ2) is 7.46. The molecule has 24 heavy (non-hydrogen) atoms. The van der Waals surface area contributed by atoms with Gasteiger partial charge in [-0.1, -0.05) is 0 Å². The first kappa shape index (κ1) is 19.7. The number of nitrogens with one attached hydrogen (secondary N) is 1. The quantitative estimate of drug-likeness (QED) is 0.845. The van der Waals surface area contributed by atoms with Gasteiger partial charge in [0.15, 0.2) is 0 Å². The number of alkyl carbamates (subject to hydrolysis) is 1. The second-order valence-corrected chi connectivity index (χ2v) is 7.32. The topological polar surface area (TPSA) is 99.5 Å². The number of aldehydes is 1. The molecule has 0 radical (unpaired) electrons. The van der Waals surface area contributed by atoms with E-state index in [1.807, 2.05) is 0 Å². The molecule has 1 N–H and O–H groups in total. The number of rotatable bonds is 4. The summed E-state index contributed by atoms with van der Waals surface area (Å²) in [7, 11) is 0. The normalized spacial score (nSPS) is 13.1. The van der Waals surface area contributed by atoms with E-state index < -0.39 is 29.4 Å².